The van der Waals surface area contributed by atoms with Gasteiger partial charge in [-0.15, -0.1) is 0 Å². The summed E-state index contributed by atoms with van der Waals surface area (Å²) < 4.78 is 23.8. The highest BCUT2D eigenvalue weighted by atomic mass is 19.1. The Labute approximate surface area is 163 Å². The van der Waals surface area contributed by atoms with Gasteiger partial charge in [0.05, 0.1) is 17.9 Å². The third kappa shape index (κ3) is 5.42. The molecule has 1 aromatic carbocycles. The van der Waals surface area contributed by atoms with E-state index >= 15 is 0 Å². The lowest BCUT2D eigenvalue weighted by Gasteiger charge is -2.25. The van der Waals surface area contributed by atoms with Gasteiger partial charge in [-0.05, 0) is 43.5 Å². The third-order valence-corrected chi connectivity index (χ3v) is 4.84. The fraction of sp³-hybridized carbons (Fsp3) is 0.429. The topological polar surface area (TPSA) is 71.8 Å². The number of carbonyl (C=O) groups excluding carboxylic acids is 2. The van der Waals surface area contributed by atoms with Gasteiger partial charge in [0.1, 0.15) is 11.6 Å². The van der Waals surface area contributed by atoms with Crippen LogP contribution in [-0.2, 0) is 16.1 Å². The molecule has 2 heterocycles. The molecule has 7 heteroatoms. The summed E-state index contributed by atoms with van der Waals surface area (Å²) >= 11 is 0. The number of hydrogen-bond donors (Lipinski definition) is 1. The first-order valence-corrected chi connectivity index (χ1v) is 9.49. The second kappa shape index (κ2) is 9.50. The van der Waals surface area contributed by atoms with Crippen LogP contribution in [0.5, 0.6) is 0 Å². The quantitative estimate of drug-likeness (QED) is 0.755. The van der Waals surface area contributed by atoms with Crippen LogP contribution in [0.25, 0.3) is 0 Å². The van der Waals surface area contributed by atoms with Crippen molar-refractivity contribution in [1.29, 1.82) is 0 Å². The van der Waals surface area contributed by atoms with E-state index in [9.17, 15) is 14.0 Å². The van der Waals surface area contributed by atoms with Crippen LogP contribution in [0.2, 0.25) is 0 Å². The highest BCUT2D eigenvalue weighted by molar-refractivity contribution is 5.95. The van der Waals surface area contributed by atoms with Crippen molar-refractivity contribution in [2.24, 2.45) is 0 Å². The molecule has 2 aromatic rings. The predicted molar refractivity (Wildman–Crippen MR) is 101 cm³/mol. The summed E-state index contributed by atoms with van der Waals surface area (Å²) in [6.07, 6.45) is 3.55. The molecule has 0 aliphatic carbocycles. The summed E-state index contributed by atoms with van der Waals surface area (Å²) in [6, 6.07) is 7.62. The van der Waals surface area contributed by atoms with Gasteiger partial charge in [-0.3, -0.25) is 9.59 Å². The summed E-state index contributed by atoms with van der Waals surface area (Å²) in [5, 5.41) is 2.80. The van der Waals surface area contributed by atoms with Gasteiger partial charge in [0, 0.05) is 32.7 Å². The predicted octanol–water partition coefficient (Wildman–Crippen LogP) is 3.05. The molecule has 2 amide bonds. The minimum atomic E-state index is -0.312. The number of nitrogens with one attached hydrogen (secondary N) is 1. The van der Waals surface area contributed by atoms with Crippen LogP contribution in [0, 0.1) is 12.7 Å². The highest BCUT2D eigenvalue weighted by Gasteiger charge is 2.25. The Morgan fingerprint density at radius 3 is 2.68 bits per heavy atom. The number of rotatable bonds is 8. The summed E-state index contributed by atoms with van der Waals surface area (Å²) in [5.41, 5.74) is 1.32. The molecule has 0 bridgehead atoms. The highest BCUT2D eigenvalue weighted by Crippen LogP contribution is 2.17. The number of carbonyl (C=O) groups is 2. The molecule has 1 atom stereocenters. The third-order valence-electron chi connectivity index (χ3n) is 4.84. The summed E-state index contributed by atoms with van der Waals surface area (Å²) in [5.74, 6) is -0.0810. The maximum Gasteiger partial charge on any atom is 0.257 e. The van der Waals surface area contributed by atoms with E-state index in [2.05, 4.69) is 5.32 Å². The molecule has 1 saturated heterocycles. The number of furan rings is 1. The van der Waals surface area contributed by atoms with E-state index in [4.69, 9.17) is 9.15 Å². The van der Waals surface area contributed by atoms with Gasteiger partial charge in [0.2, 0.25) is 5.91 Å². The standard InChI is InChI=1S/C21H25FN2O4/c1-15-19(9-12-27-15)21(26)24(14-18-3-2-11-28-18)10-8-20(25)23-13-16-4-6-17(22)7-5-16/h4-7,9,12,18H,2-3,8,10-11,13-14H2,1H3,(H,23,25)/t18-/m0/s1. The molecule has 28 heavy (non-hydrogen) atoms. The first kappa shape index (κ1) is 20.1. The maximum absolute atomic E-state index is 12.9. The van der Waals surface area contributed by atoms with Crippen molar-refractivity contribution >= 4 is 11.8 Å². The van der Waals surface area contributed by atoms with Crippen LogP contribution >= 0.6 is 0 Å². The monoisotopic (exact) mass is 388 g/mol. The van der Waals surface area contributed by atoms with E-state index in [-0.39, 0.29) is 30.2 Å². The van der Waals surface area contributed by atoms with Crippen molar-refractivity contribution in [2.45, 2.75) is 38.8 Å². The lowest BCUT2D eigenvalue weighted by atomic mass is 10.1. The maximum atomic E-state index is 12.9. The first-order chi connectivity index (χ1) is 13.5. The lowest BCUT2D eigenvalue weighted by molar-refractivity contribution is -0.121. The van der Waals surface area contributed by atoms with Crippen molar-refractivity contribution in [3.05, 3.63) is 59.3 Å². The van der Waals surface area contributed by atoms with Crippen LogP contribution in [-0.4, -0.2) is 42.5 Å². The van der Waals surface area contributed by atoms with Crippen molar-refractivity contribution < 1.29 is 23.1 Å². The number of halogens is 1. The molecule has 1 N–H and O–H groups in total. The minimum Gasteiger partial charge on any atom is -0.469 e. The number of benzene rings is 1. The summed E-state index contributed by atoms with van der Waals surface area (Å²) in [6.45, 7) is 3.51. The number of hydrogen-bond acceptors (Lipinski definition) is 4. The summed E-state index contributed by atoms with van der Waals surface area (Å²) in [7, 11) is 0. The molecule has 1 fully saturated rings. The Morgan fingerprint density at radius 2 is 2.04 bits per heavy atom. The van der Waals surface area contributed by atoms with Gasteiger partial charge in [-0.2, -0.15) is 0 Å². The number of amides is 2. The number of ether oxygens (including phenoxy) is 1. The molecule has 1 aliphatic rings. The second-order valence-electron chi connectivity index (χ2n) is 6.93. The molecule has 6 nitrogen and oxygen atoms in total. The zero-order valence-electron chi connectivity index (χ0n) is 15.9. The Morgan fingerprint density at radius 1 is 1.25 bits per heavy atom. The van der Waals surface area contributed by atoms with Gasteiger partial charge >= 0.3 is 0 Å². The van der Waals surface area contributed by atoms with Gasteiger partial charge < -0.3 is 19.4 Å². The van der Waals surface area contributed by atoms with Crippen LogP contribution in [0.3, 0.4) is 0 Å². The minimum absolute atomic E-state index is 0.00145. The van der Waals surface area contributed by atoms with Crippen molar-refractivity contribution in [3.63, 3.8) is 0 Å². The van der Waals surface area contributed by atoms with E-state index < -0.39 is 0 Å². The van der Waals surface area contributed by atoms with Gasteiger partial charge in [-0.1, -0.05) is 12.1 Å². The normalized spacial score (nSPS) is 16.1. The van der Waals surface area contributed by atoms with E-state index in [1.807, 2.05) is 0 Å². The largest absolute Gasteiger partial charge is 0.469 e. The van der Waals surface area contributed by atoms with E-state index in [1.165, 1.54) is 18.4 Å². The fourth-order valence-electron chi connectivity index (χ4n) is 3.21. The molecule has 0 unspecified atom stereocenters. The Kier molecular flexibility index (Phi) is 6.81. The zero-order chi connectivity index (χ0) is 19.9. The van der Waals surface area contributed by atoms with Gasteiger partial charge in [0.15, 0.2) is 0 Å². The van der Waals surface area contributed by atoms with Crippen LogP contribution in [0.15, 0.2) is 41.0 Å². The molecular weight excluding hydrogens is 363 g/mol. The Balaban J connectivity index is 1.55. The second-order valence-corrected chi connectivity index (χ2v) is 6.93. The number of aryl methyl sites for hydroxylation is 1. The van der Waals surface area contributed by atoms with E-state index in [0.29, 0.717) is 37.6 Å². The molecule has 1 aromatic heterocycles. The molecule has 0 saturated carbocycles. The first-order valence-electron chi connectivity index (χ1n) is 9.49. The SMILES string of the molecule is Cc1occc1C(=O)N(CCC(=O)NCc1ccc(F)cc1)C[C@@H]1CCCO1. The molecule has 3 rings (SSSR count). The molecular formula is C21H25FN2O4. The average Bonchev–Trinajstić information content (AvgIpc) is 3.35. The molecule has 1 aliphatic heterocycles. The molecule has 0 radical (unpaired) electrons. The Hall–Kier alpha value is -2.67. The van der Waals surface area contributed by atoms with Crippen LogP contribution in [0.4, 0.5) is 4.39 Å². The van der Waals surface area contributed by atoms with E-state index in [1.54, 1.807) is 30.0 Å². The Bertz CT molecular complexity index is 797. The van der Waals surface area contributed by atoms with Gasteiger partial charge in [-0.25, -0.2) is 4.39 Å². The molecule has 150 valence electrons. The average molecular weight is 388 g/mol. The zero-order valence-corrected chi connectivity index (χ0v) is 15.9. The fourth-order valence-corrected chi connectivity index (χ4v) is 3.21. The van der Waals surface area contributed by atoms with Crippen LogP contribution < -0.4 is 5.32 Å². The smallest absolute Gasteiger partial charge is 0.257 e. The van der Waals surface area contributed by atoms with Crippen LogP contribution in [0.1, 0.15) is 40.9 Å². The van der Waals surface area contributed by atoms with Gasteiger partial charge in [0.25, 0.3) is 5.91 Å². The van der Waals surface area contributed by atoms with Crippen molar-refractivity contribution in [2.75, 3.05) is 19.7 Å². The molecule has 0 spiro atoms. The van der Waals surface area contributed by atoms with Crippen molar-refractivity contribution in [1.82, 2.24) is 10.2 Å². The summed E-state index contributed by atoms with van der Waals surface area (Å²) in [4.78, 5) is 26.8. The number of nitrogens with zero attached hydrogens (tertiary/aromatic N) is 1. The van der Waals surface area contributed by atoms with E-state index in [0.717, 1.165) is 18.4 Å². The lowest BCUT2D eigenvalue weighted by Crippen LogP contribution is -2.40. The van der Waals surface area contributed by atoms with Crippen molar-refractivity contribution in [3.8, 4) is 0 Å².